The van der Waals surface area contributed by atoms with Gasteiger partial charge in [-0.15, -0.1) is 0 Å². The Bertz CT molecular complexity index is 1140. The van der Waals surface area contributed by atoms with Crippen molar-refractivity contribution < 1.29 is 4.42 Å². The summed E-state index contributed by atoms with van der Waals surface area (Å²) in [5.41, 5.74) is 6.08. The molecular formula is C25H26N2O. The van der Waals surface area contributed by atoms with E-state index in [1.165, 1.54) is 31.2 Å². The maximum Gasteiger partial charge on any atom is 0.227 e. The molecule has 0 aliphatic heterocycles. The van der Waals surface area contributed by atoms with Gasteiger partial charge in [0.25, 0.3) is 0 Å². The Morgan fingerprint density at radius 1 is 1.04 bits per heavy atom. The summed E-state index contributed by atoms with van der Waals surface area (Å²) in [4.78, 5) is 9.42. The summed E-state index contributed by atoms with van der Waals surface area (Å²) in [5.74, 6) is 1.21. The van der Waals surface area contributed by atoms with Crippen molar-refractivity contribution in [2.45, 2.75) is 51.9 Å². The second-order valence-corrected chi connectivity index (χ2v) is 8.43. The lowest BCUT2D eigenvalue weighted by atomic mass is 9.97. The molecule has 0 radical (unpaired) electrons. The van der Waals surface area contributed by atoms with Gasteiger partial charge in [0.15, 0.2) is 0 Å². The van der Waals surface area contributed by atoms with Gasteiger partial charge in [0.2, 0.25) is 5.71 Å². The van der Waals surface area contributed by atoms with Gasteiger partial charge in [-0.3, -0.25) is 4.98 Å². The number of hydrogen-bond donors (Lipinski definition) is 0. The van der Waals surface area contributed by atoms with Crippen LogP contribution in [-0.4, -0.2) is 9.97 Å². The quantitative estimate of drug-likeness (QED) is 0.392. The number of hydrogen-bond acceptors (Lipinski definition) is 3. The molecule has 1 aliphatic rings. The van der Waals surface area contributed by atoms with E-state index in [1.54, 1.807) is 0 Å². The van der Waals surface area contributed by atoms with Crippen LogP contribution in [0.3, 0.4) is 0 Å². The van der Waals surface area contributed by atoms with Gasteiger partial charge in [-0.1, -0.05) is 51.7 Å². The Morgan fingerprint density at radius 3 is 2.71 bits per heavy atom. The highest BCUT2D eigenvalue weighted by Crippen LogP contribution is 2.35. The van der Waals surface area contributed by atoms with E-state index < -0.39 is 0 Å². The molecule has 0 N–H and O–H groups in total. The number of fused-ring (bicyclic) bond motifs is 3. The van der Waals surface area contributed by atoms with Gasteiger partial charge in [-0.2, -0.15) is 0 Å². The molecular weight excluding hydrogens is 344 g/mol. The van der Waals surface area contributed by atoms with E-state index in [0.29, 0.717) is 5.92 Å². The summed E-state index contributed by atoms with van der Waals surface area (Å²) < 4.78 is 6.25. The van der Waals surface area contributed by atoms with Crippen LogP contribution < -0.4 is 0 Å². The number of para-hydroxylation sites is 1. The summed E-state index contributed by atoms with van der Waals surface area (Å²) in [7, 11) is 0. The number of aromatic nitrogens is 2. The Labute approximate surface area is 165 Å². The zero-order valence-corrected chi connectivity index (χ0v) is 16.6. The third-order valence-electron chi connectivity index (χ3n) is 6.08. The molecule has 0 saturated heterocycles. The minimum atomic E-state index is 0.381. The van der Waals surface area contributed by atoms with E-state index in [4.69, 9.17) is 9.40 Å². The molecule has 0 spiro atoms. The molecule has 1 aliphatic carbocycles. The Morgan fingerprint density at radius 2 is 1.89 bits per heavy atom. The molecule has 3 heterocycles. The minimum Gasteiger partial charge on any atom is -0.437 e. The number of nitrogens with zero attached hydrogens (tertiary/aromatic N) is 2. The molecule has 0 atom stereocenters. The third-order valence-corrected chi connectivity index (χ3v) is 6.08. The summed E-state index contributed by atoms with van der Waals surface area (Å²) in [6.45, 7) is 4.31. The van der Waals surface area contributed by atoms with Gasteiger partial charge in [-0.25, -0.2) is 4.98 Å². The highest BCUT2D eigenvalue weighted by Gasteiger charge is 2.17. The Kier molecular flexibility index (Phi) is 4.38. The van der Waals surface area contributed by atoms with Crippen LogP contribution in [0.1, 0.15) is 56.7 Å². The fraction of sp³-hybridized carbons (Fsp3) is 0.360. The van der Waals surface area contributed by atoms with Crippen LogP contribution in [-0.2, 0) is 6.42 Å². The monoisotopic (exact) mass is 370 g/mol. The number of pyridine rings is 2. The largest absolute Gasteiger partial charge is 0.437 e. The molecule has 3 aromatic heterocycles. The van der Waals surface area contributed by atoms with Gasteiger partial charge in [-0.05, 0) is 54.2 Å². The first-order chi connectivity index (χ1) is 13.7. The van der Waals surface area contributed by atoms with E-state index >= 15 is 0 Å². The van der Waals surface area contributed by atoms with Crippen LogP contribution in [0.15, 0.2) is 53.1 Å². The molecule has 1 saturated carbocycles. The fourth-order valence-electron chi connectivity index (χ4n) is 4.51. The molecule has 5 rings (SSSR count). The number of rotatable bonds is 4. The van der Waals surface area contributed by atoms with Crippen LogP contribution >= 0.6 is 0 Å². The van der Waals surface area contributed by atoms with Crippen molar-refractivity contribution >= 4 is 22.1 Å². The average Bonchev–Trinajstić information content (AvgIpc) is 3.34. The van der Waals surface area contributed by atoms with Crippen molar-refractivity contribution in [2.24, 2.45) is 5.92 Å². The van der Waals surface area contributed by atoms with E-state index in [9.17, 15) is 0 Å². The molecule has 4 aromatic rings. The molecule has 142 valence electrons. The standard InChI is InChI=1S/C25H26N2O/c1-16(2)22-11-10-20-19-8-5-9-21(24(19)28-25(20)27-22)23-15-18(12-13-26-23)14-17-6-3-4-7-17/h5,8-13,15-17H,3-4,6-7,14H2,1-2H3. The maximum atomic E-state index is 6.25. The highest BCUT2D eigenvalue weighted by molar-refractivity contribution is 6.08. The molecule has 0 unspecified atom stereocenters. The summed E-state index contributed by atoms with van der Waals surface area (Å²) in [6.07, 6.45) is 8.58. The predicted octanol–water partition coefficient (Wildman–Crippen LogP) is 6.90. The van der Waals surface area contributed by atoms with Crippen molar-refractivity contribution in [2.75, 3.05) is 0 Å². The first kappa shape index (κ1) is 17.4. The van der Waals surface area contributed by atoms with Gasteiger partial charge in [0.1, 0.15) is 5.58 Å². The zero-order chi connectivity index (χ0) is 19.1. The molecule has 3 heteroatoms. The third kappa shape index (κ3) is 3.09. The second-order valence-electron chi connectivity index (χ2n) is 8.43. The van der Waals surface area contributed by atoms with Gasteiger partial charge in [0, 0.05) is 28.2 Å². The number of furan rings is 1. The van der Waals surface area contributed by atoms with Crippen LogP contribution in [0.4, 0.5) is 0 Å². The van der Waals surface area contributed by atoms with Crippen molar-refractivity contribution in [3.8, 4) is 11.3 Å². The normalized spacial score (nSPS) is 15.2. The second kappa shape index (κ2) is 7.05. The lowest BCUT2D eigenvalue weighted by Crippen LogP contribution is -1.99. The smallest absolute Gasteiger partial charge is 0.227 e. The molecule has 1 aromatic carbocycles. The highest BCUT2D eigenvalue weighted by atomic mass is 16.3. The average molecular weight is 370 g/mol. The topological polar surface area (TPSA) is 38.9 Å². The van der Waals surface area contributed by atoms with Crippen LogP contribution in [0, 0.1) is 5.92 Å². The molecule has 1 fully saturated rings. The van der Waals surface area contributed by atoms with Crippen LogP contribution in [0.2, 0.25) is 0 Å². The maximum absolute atomic E-state index is 6.25. The van der Waals surface area contributed by atoms with E-state index in [2.05, 4.69) is 61.3 Å². The van der Waals surface area contributed by atoms with Crippen molar-refractivity contribution in [3.05, 3.63) is 59.9 Å². The van der Waals surface area contributed by atoms with Gasteiger partial charge < -0.3 is 4.42 Å². The number of benzene rings is 1. The molecule has 3 nitrogen and oxygen atoms in total. The summed E-state index contributed by atoms with van der Waals surface area (Å²) >= 11 is 0. The fourth-order valence-corrected chi connectivity index (χ4v) is 4.51. The van der Waals surface area contributed by atoms with Crippen LogP contribution in [0.5, 0.6) is 0 Å². The van der Waals surface area contributed by atoms with E-state index in [1.807, 2.05) is 6.20 Å². The van der Waals surface area contributed by atoms with E-state index in [0.717, 1.165) is 51.4 Å². The zero-order valence-electron chi connectivity index (χ0n) is 16.6. The van der Waals surface area contributed by atoms with Crippen molar-refractivity contribution in [1.82, 2.24) is 9.97 Å². The molecule has 28 heavy (non-hydrogen) atoms. The Hall–Kier alpha value is -2.68. The van der Waals surface area contributed by atoms with Crippen molar-refractivity contribution in [1.29, 1.82) is 0 Å². The van der Waals surface area contributed by atoms with Gasteiger partial charge >= 0.3 is 0 Å². The minimum absolute atomic E-state index is 0.381. The SMILES string of the molecule is CC(C)c1ccc2c(n1)oc1c(-c3cc(CC4CCCC4)ccn3)cccc12. The lowest BCUT2D eigenvalue weighted by Gasteiger charge is -2.10. The summed E-state index contributed by atoms with van der Waals surface area (Å²) in [5, 5.41) is 2.18. The summed E-state index contributed by atoms with van der Waals surface area (Å²) in [6, 6.07) is 15.0. The first-order valence-electron chi connectivity index (χ1n) is 10.5. The molecule has 0 amide bonds. The van der Waals surface area contributed by atoms with Gasteiger partial charge in [0.05, 0.1) is 5.69 Å². The lowest BCUT2D eigenvalue weighted by molar-refractivity contribution is 0.546. The molecule has 0 bridgehead atoms. The predicted molar refractivity (Wildman–Crippen MR) is 114 cm³/mol. The first-order valence-corrected chi connectivity index (χ1v) is 10.5. The Balaban J connectivity index is 1.59. The van der Waals surface area contributed by atoms with Crippen molar-refractivity contribution in [3.63, 3.8) is 0 Å². The van der Waals surface area contributed by atoms with Crippen LogP contribution in [0.25, 0.3) is 33.3 Å². The van der Waals surface area contributed by atoms with E-state index in [-0.39, 0.29) is 0 Å².